The summed E-state index contributed by atoms with van der Waals surface area (Å²) in [6.07, 6.45) is 6.29. The molecule has 0 aromatic rings. The van der Waals surface area contributed by atoms with E-state index in [0.29, 0.717) is 18.9 Å². The predicted molar refractivity (Wildman–Crippen MR) is 72.7 cm³/mol. The monoisotopic (exact) mass is 267 g/mol. The molecule has 0 aliphatic heterocycles. The first-order chi connectivity index (χ1) is 9.00. The maximum absolute atomic E-state index is 12.6. The van der Waals surface area contributed by atoms with Crippen molar-refractivity contribution in [3.63, 3.8) is 0 Å². The fourth-order valence-electron chi connectivity index (χ4n) is 3.32. The molecule has 2 aliphatic rings. The average Bonchev–Trinajstić information content (AvgIpc) is 2.32. The normalized spacial score (nSPS) is 27.9. The second-order valence-corrected chi connectivity index (χ2v) is 6.31. The Balaban J connectivity index is 1.93. The zero-order valence-corrected chi connectivity index (χ0v) is 12.0. The summed E-state index contributed by atoms with van der Waals surface area (Å²) in [7, 11) is 0. The van der Waals surface area contributed by atoms with Crippen molar-refractivity contribution < 1.29 is 14.7 Å². The fraction of sp³-hybridized carbons (Fsp3) is 0.867. The number of carboxylic acid groups (broad SMARTS) is 1. The van der Waals surface area contributed by atoms with Crippen LogP contribution in [0.25, 0.3) is 0 Å². The van der Waals surface area contributed by atoms with E-state index < -0.39 is 5.97 Å². The molecule has 19 heavy (non-hydrogen) atoms. The van der Waals surface area contributed by atoms with Gasteiger partial charge in [-0.3, -0.25) is 9.59 Å². The van der Waals surface area contributed by atoms with Crippen LogP contribution in [-0.4, -0.2) is 34.0 Å². The molecule has 0 spiro atoms. The van der Waals surface area contributed by atoms with Gasteiger partial charge in [-0.1, -0.05) is 0 Å². The Hall–Kier alpha value is -1.06. The van der Waals surface area contributed by atoms with Crippen molar-refractivity contribution in [2.75, 3.05) is 0 Å². The first-order valence-electron chi connectivity index (χ1n) is 7.55. The van der Waals surface area contributed by atoms with Crippen LogP contribution in [0.15, 0.2) is 0 Å². The van der Waals surface area contributed by atoms with Gasteiger partial charge in [0.05, 0.1) is 5.92 Å². The molecule has 0 saturated heterocycles. The van der Waals surface area contributed by atoms with Crippen LogP contribution < -0.4 is 0 Å². The number of hydrogen-bond donors (Lipinski definition) is 1. The number of carbonyl (C=O) groups excluding carboxylic acids is 1. The highest BCUT2D eigenvalue weighted by molar-refractivity contribution is 5.80. The molecule has 0 aromatic heterocycles. The molecule has 0 unspecified atom stereocenters. The van der Waals surface area contributed by atoms with Gasteiger partial charge in [0.15, 0.2) is 0 Å². The number of carbonyl (C=O) groups is 2. The van der Waals surface area contributed by atoms with Crippen LogP contribution in [0.3, 0.4) is 0 Å². The SMILES string of the molecule is CC(C)N(C(=O)C1CCC(C(=O)O)CC1)C1CCC1. The summed E-state index contributed by atoms with van der Waals surface area (Å²) in [5.41, 5.74) is 0. The van der Waals surface area contributed by atoms with Crippen molar-refractivity contribution in [2.24, 2.45) is 11.8 Å². The maximum atomic E-state index is 12.6. The van der Waals surface area contributed by atoms with Gasteiger partial charge in [-0.15, -0.1) is 0 Å². The van der Waals surface area contributed by atoms with E-state index >= 15 is 0 Å². The van der Waals surface area contributed by atoms with Crippen molar-refractivity contribution >= 4 is 11.9 Å². The van der Waals surface area contributed by atoms with Crippen molar-refractivity contribution in [2.45, 2.75) is 70.9 Å². The van der Waals surface area contributed by atoms with E-state index in [0.717, 1.165) is 25.7 Å². The molecular weight excluding hydrogens is 242 g/mol. The third-order valence-corrected chi connectivity index (χ3v) is 4.70. The molecule has 2 fully saturated rings. The van der Waals surface area contributed by atoms with Gasteiger partial charge in [-0.25, -0.2) is 0 Å². The van der Waals surface area contributed by atoms with Gasteiger partial charge in [0.25, 0.3) is 0 Å². The van der Waals surface area contributed by atoms with Crippen LogP contribution in [0.4, 0.5) is 0 Å². The third kappa shape index (κ3) is 3.10. The third-order valence-electron chi connectivity index (χ3n) is 4.70. The van der Waals surface area contributed by atoms with Gasteiger partial charge >= 0.3 is 5.97 Å². The summed E-state index contributed by atoms with van der Waals surface area (Å²) in [5, 5.41) is 9.00. The summed E-state index contributed by atoms with van der Waals surface area (Å²) in [6.45, 7) is 4.16. The standard InChI is InChI=1S/C15H25NO3/c1-10(2)16(13-4-3-5-13)14(17)11-6-8-12(9-7-11)15(18)19/h10-13H,3-9H2,1-2H3,(H,18,19). The highest BCUT2D eigenvalue weighted by Crippen LogP contribution is 2.34. The molecule has 4 nitrogen and oxygen atoms in total. The Morgan fingerprint density at radius 3 is 1.89 bits per heavy atom. The molecular formula is C15H25NO3. The lowest BCUT2D eigenvalue weighted by Crippen LogP contribution is -2.50. The lowest BCUT2D eigenvalue weighted by Gasteiger charge is -2.43. The average molecular weight is 267 g/mol. The highest BCUT2D eigenvalue weighted by Gasteiger charge is 2.37. The van der Waals surface area contributed by atoms with E-state index in [2.05, 4.69) is 18.7 Å². The molecule has 2 saturated carbocycles. The minimum absolute atomic E-state index is 0.0543. The summed E-state index contributed by atoms with van der Waals surface area (Å²) in [6, 6.07) is 0.694. The van der Waals surface area contributed by atoms with E-state index in [9.17, 15) is 9.59 Å². The zero-order chi connectivity index (χ0) is 14.0. The molecule has 1 amide bonds. The van der Waals surface area contributed by atoms with Crippen LogP contribution in [0.5, 0.6) is 0 Å². The summed E-state index contributed by atoms with van der Waals surface area (Å²) < 4.78 is 0. The number of nitrogens with zero attached hydrogens (tertiary/aromatic N) is 1. The molecule has 0 aromatic carbocycles. The van der Waals surface area contributed by atoms with Crippen LogP contribution in [-0.2, 0) is 9.59 Å². The van der Waals surface area contributed by atoms with E-state index in [1.54, 1.807) is 0 Å². The summed E-state index contributed by atoms with van der Waals surface area (Å²) in [5.74, 6) is -0.618. The Labute approximate surface area is 115 Å². The van der Waals surface area contributed by atoms with Crippen LogP contribution in [0.1, 0.15) is 58.8 Å². The Morgan fingerprint density at radius 2 is 1.53 bits per heavy atom. The van der Waals surface area contributed by atoms with Gasteiger partial charge < -0.3 is 10.0 Å². The minimum Gasteiger partial charge on any atom is -0.481 e. The second-order valence-electron chi connectivity index (χ2n) is 6.31. The topological polar surface area (TPSA) is 57.6 Å². The van der Waals surface area contributed by atoms with E-state index in [1.807, 2.05) is 0 Å². The van der Waals surface area contributed by atoms with E-state index in [-0.39, 0.29) is 23.8 Å². The molecule has 0 radical (unpaired) electrons. The van der Waals surface area contributed by atoms with Crippen molar-refractivity contribution in [1.29, 1.82) is 0 Å². The second kappa shape index (κ2) is 5.93. The Morgan fingerprint density at radius 1 is 1.00 bits per heavy atom. The smallest absolute Gasteiger partial charge is 0.306 e. The summed E-state index contributed by atoms with van der Waals surface area (Å²) >= 11 is 0. The molecule has 0 bridgehead atoms. The first kappa shape index (κ1) is 14.4. The largest absolute Gasteiger partial charge is 0.481 e. The van der Waals surface area contributed by atoms with Crippen LogP contribution in [0.2, 0.25) is 0 Å². The number of amides is 1. The number of carboxylic acids is 1. The van der Waals surface area contributed by atoms with E-state index in [1.165, 1.54) is 6.42 Å². The quantitative estimate of drug-likeness (QED) is 0.852. The zero-order valence-electron chi connectivity index (χ0n) is 12.0. The minimum atomic E-state index is -0.703. The van der Waals surface area contributed by atoms with Crippen molar-refractivity contribution in [3.8, 4) is 0 Å². The Kier molecular flexibility index (Phi) is 4.48. The number of aliphatic carboxylic acids is 1. The highest BCUT2D eigenvalue weighted by atomic mass is 16.4. The molecule has 2 aliphatic carbocycles. The lowest BCUT2D eigenvalue weighted by atomic mass is 9.80. The van der Waals surface area contributed by atoms with Crippen molar-refractivity contribution in [3.05, 3.63) is 0 Å². The van der Waals surface area contributed by atoms with Crippen molar-refractivity contribution in [1.82, 2.24) is 4.90 Å². The first-order valence-corrected chi connectivity index (χ1v) is 7.55. The molecule has 2 rings (SSSR count). The van der Waals surface area contributed by atoms with Gasteiger partial charge in [0, 0.05) is 18.0 Å². The van der Waals surface area contributed by atoms with Crippen LogP contribution >= 0.6 is 0 Å². The molecule has 0 atom stereocenters. The molecule has 108 valence electrons. The number of hydrogen-bond acceptors (Lipinski definition) is 2. The Bertz CT molecular complexity index is 341. The van der Waals surface area contributed by atoms with Gasteiger partial charge in [-0.2, -0.15) is 0 Å². The van der Waals surface area contributed by atoms with Gasteiger partial charge in [0.2, 0.25) is 5.91 Å². The summed E-state index contributed by atoms with van der Waals surface area (Å²) in [4.78, 5) is 25.6. The molecule has 4 heteroatoms. The lowest BCUT2D eigenvalue weighted by molar-refractivity contribution is -0.148. The maximum Gasteiger partial charge on any atom is 0.306 e. The molecule has 0 heterocycles. The van der Waals surface area contributed by atoms with Gasteiger partial charge in [0.1, 0.15) is 0 Å². The van der Waals surface area contributed by atoms with E-state index in [4.69, 9.17) is 5.11 Å². The van der Waals surface area contributed by atoms with Gasteiger partial charge in [-0.05, 0) is 58.8 Å². The number of rotatable bonds is 4. The molecule has 1 N–H and O–H groups in total. The predicted octanol–water partition coefficient (Wildman–Crippen LogP) is 2.67. The fourth-order valence-corrected chi connectivity index (χ4v) is 3.32. The van der Waals surface area contributed by atoms with Crippen LogP contribution in [0, 0.1) is 11.8 Å².